The van der Waals surface area contributed by atoms with Crippen LogP contribution in [0.25, 0.3) is 11.0 Å². The Kier molecular flexibility index (Phi) is 2.91. The third-order valence-electron chi connectivity index (χ3n) is 2.81. The molecule has 96 valence electrons. The van der Waals surface area contributed by atoms with Gasteiger partial charge in [-0.25, -0.2) is 8.78 Å². The van der Waals surface area contributed by atoms with E-state index < -0.39 is 11.6 Å². The minimum absolute atomic E-state index is 0.373. The Balaban J connectivity index is 1.78. The highest BCUT2D eigenvalue weighted by molar-refractivity contribution is 5.77. The summed E-state index contributed by atoms with van der Waals surface area (Å²) in [5, 5.41) is 3.93. The van der Waals surface area contributed by atoms with Gasteiger partial charge in [0, 0.05) is 17.1 Å². The van der Waals surface area contributed by atoms with E-state index in [0.717, 1.165) is 17.0 Å². The van der Waals surface area contributed by atoms with Crippen molar-refractivity contribution in [2.75, 3.05) is 5.32 Å². The van der Waals surface area contributed by atoms with E-state index in [1.54, 1.807) is 0 Å². The molecule has 0 aliphatic heterocycles. The number of halogens is 2. The Morgan fingerprint density at radius 1 is 0.947 bits per heavy atom. The first-order chi connectivity index (χ1) is 9.20. The van der Waals surface area contributed by atoms with Crippen LogP contribution in [-0.4, -0.2) is 0 Å². The number of nitrogens with one attached hydrogen (secondary N) is 1. The van der Waals surface area contributed by atoms with Crippen molar-refractivity contribution in [2.45, 2.75) is 6.54 Å². The van der Waals surface area contributed by atoms with E-state index in [1.165, 1.54) is 12.1 Å². The summed E-state index contributed by atoms with van der Waals surface area (Å²) < 4.78 is 31.6. The third-order valence-corrected chi connectivity index (χ3v) is 2.81. The van der Waals surface area contributed by atoms with Crippen LogP contribution in [0.2, 0.25) is 0 Å². The van der Waals surface area contributed by atoms with Gasteiger partial charge in [0.05, 0.1) is 6.54 Å². The Morgan fingerprint density at radius 2 is 1.68 bits per heavy atom. The number of rotatable bonds is 3. The summed E-state index contributed by atoms with van der Waals surface area (Å²) in [6.45, 7) is 0.373. The van der Waals surface area contributed by atoms with E-state index in [9.17, 15) is 8.78 Å². The lowest BCUT2D eigenvalue weighted by atomic mass is 10.2. The molecule has 2 aromatic carbocycles. The van der Waals surface area contributed by atoms with Crippen LogP contribution in [0.4, 0.5) is 14.5 Å². The normalized spacial score (nSPS) is 10.8. The SMILES string of the molecule is Fc1cc(F)cc(NCc2cc3ccccc3o2)c1. The second-order valence-electron chi connectivity index (χ2n) is 4.26. The summed E-state index contributed by atoms with van der Waals surface area (Å²) in [5.74, 6) is -0.495. The van der Waals surface area contributed by atoms with Gasteiger partial charge >= 0.3 is 0 Å². The minimum atomic E-state index is -0.605. The van der Waals surface area contributed by atoms with Crippen molar-refractivity contribution in [3.8, 4) is 0 Å². The number of furan rings is 1. The van der Waals surface area contributed by atoms with Crippen molar-refractivity contribution >= 4 is 16.7 Å². The van der Waals surface area contributed by atoms with Crippen molar-refractivity contribution in [2.24, 2.45) is 0 Å². The average molecular weight is 259 g/mol. The molecule has 4 heteroatoms. The highest BCUT2D eigenvalue weighted by Gasteiger charge is 2.04. The van der Waals surface area contributed by atoms with Gasteiger partial charge in [-0.1, -0.05) is 18.2 Å². The maximum atomic E-state index is 13.0. The molecule has 0 amide bonds. The number of anilines is 1. The predicted molar refractivity (Wildman–Crippen MR) is 69.9 cm³/mol. The first-order valence-corrected chi connectivity index (χ1v) is 5.88. The van der Waals surface area contributed by atoms with Gasteiger partial charge in [0.1, 0.15) is 23.0 Å². The van der Waals surface area contributed by atoms with Gasteiger partial charge in [0.25, 0.3) is 0 Å². The van der Waals surface area contributed by atoms with Crippen molar-refractivity contribution in [1.29, 1.82) is 0 Å². The summed E-state index contributed by atoms with van der Waals surface area (Å²) in [7, 11) is 0. The van der Waals surface area contributed by atoms with E-state index >= 15 is 0 Å². The summed E-state index contributed by atoms with van der Waals surface area (Å²) in [4.78, 5) is 0. The van der Waals surface area contributed by atoms with E-state index in [2.05, 4.69) is 5.32 Å². The van der Waals surface area contributed by atoms with Crippen molar-refractivity contribution in [3.63, 3.8) is 0 Å². The lowest BCUT2D eigenvalue weighted by Crippen LogP contribution is -1.99. The molecular formula is C15H11F2NO. The first-order valence-electron chi connectivity index (χ1n) is 5.88. The van der Waals surface area contributed by atoms with E-state index in [0.29, 0.717) is 18.0 Å². The molecule has 0 unspecified atom stereocenters. The molecule has 0 bridgehead atoms. The van der Waals surface area contributed by atoms with Gasteiger partial charge in [-0.3, -0.25) is 0 Å². The number of fused-ring (bicyclic) bond motifs is 1. The summed E-state index contributed by atoms with van der Waals surface area (Å²) in [5.41, 5.74) is 1.18. The molecule has 0 saturated heterocycles. The predicted octanol–water partition coefficient (Wildman–Crippen LogP) is 4.32. The lowest BCUT2D eigenvalue weighted by Gasteiger charge is -2.04. The van der Waals surface area contributed by atoms with Crippen LogP contribution in [0.5, 0.6) is 0 Å². The van der Waals surface area contributed by atoms with Crippen LogP contribution in [0.3, 0.4) is 0 Å². The minimum Gasteiger partial charge on any atom is -0.459 e. The van der Waals surface area contributed by atoms with Crippen LogP contribution in [0.1, 0.15) is 5.76 Å². The second-order valence-corrected chi connectivity index (χ2v) is 4.26. The van der Waals surface area contributed by atoms with E-state index in [-0.39, 0.29) is 0 Å². The van der Waals surface area contributed by atoms with E-state index in [4.69, 9.17) is 4.42 Å². The van der Waals surface area contributed by atoms with Gasteiger partial charge in [0.15, 0.2) is 0 Å². The molecule has 19 heavy (non-hydrogen) atoms. The van der Waals surface area contributed by atoms with Crippen LogP contribution >= 0.6 is 0 Å². The van der Waals surface area contributed by atoms with Gasteiger partial charge in [0.2, 0.25) is 0 Å². The largest absolute Gasteiger partial charge is 0.459 e. The first kappa shape index (κ1) is 11.7. The van der Waals surface area contributed by atoms with Gasteiger partial charge in [-0.2, -0.15) is 0 Å². The number of hydrogen-bond acceptors (Lipinski definition) is 2. The molecule has 2 nitrogen and oxygen atoms in total. The van der Waals surface area contributed by atoms with Crippen molar-refractivity contribution < 1.29 is 13.2 Å². The average Bonchev–Trinajstić information content (AvgIpc) is 2.78. The molecule has 3 aromatic rings. The van der Waals surface area contributed by atoms with Crippen molar-refractivity contribution in [3.05, 3.63) is 65.9 Å². The number of para-hydroxylation sites is 1. The van der Waals surface area contributed by atoms with Crippen LogP contribution in [0, 0.1) is 11.6 Å². The smallest absolute Gasteiger partial charge is 0.134 e. The molecule has 1 N–H and O–H groups in total. The van der Waals surface area contributed by atoms with Crippen LogP contribution < -0.4 is 5.32 Å². The molecule has 0 atom stereocenters. The monoisotopic (exact) mass is 259 g/mol. The fourth-order valence-corrected chi connectivity index (χ4v) is 1.97. The molecule has 0 aliphatic carbocycles. The van der Waals surface area contributed by atoms with Gasteiger partial charge in [-0.05, 0) is 24.3 Å². The molecule has 0 saturated carbocycles. The maximum Gasteiger partial charge on any atom is 0.134 e. The Labute approximate surface area is 108 Å². The Bertz CT molecular complexity index is 668. The summed E-state index contributed by atoms with van der Waals surface area (Å²) in [6, 6.07) is 12.9. The standard InChI is InChI=1S/C15H11F2NO/c16-11-6-12(17)8-13(7-11)18-9-14-5-10-3-1-2-4-15(10)19-14/h1-8,18H,9H2. The molecule has 0 aliphatic rings. The zero-order valence-corrected chi connectivity index (χ0v) is 9.99. The third kappa shape index (κ3) is 2.57. The zero-order chi connectivity index (χ0) is 13.2. The highest BCUT2D eigenvalue weighted by atomic mass is 19.1. The molecule has 0 spiro atoms. The maximum absolute atomic E-state index is 13.0. The second kappa shape index (κ2) is 4.72. The Morgan fingerprint density at radius 3 is 2.42 bits per heavy atom. The quantitative estimate of drug-likeness (QED) is 0.757. The van der Waals surface area contributed by atoms with Crippen LogP contribution in [0.15, 0.2) is 52.9 Å². The summed E-state index contributed by atoms with van der Waals surface area (Å²) in [6.07, 6.45) is 0. The zero-order valence-electron chi connectivity index (χ0n) is 9.99. The molecule has 0 radical (unpaired) electrons. The molecule has 3 rings (SSSR count). The molecule has 1 aromatic heterocycles. The number of hydrogen-bond donors (Lipinski definition) is 1. The fourth-order valence-electron chi connectivity index (χ4n) is 1.97. The fraction of sp³-hybridized carbons (Fsp3) is 0.0667. The summed E-state index contributed by atoms with van der Waals surface area (Å²) >= 11 is 0. The highest BCUT2D eigenvalue weighted by Crippen LogP contribution is 2.20. The molecular weight excluding hydrogens is 248 g/mol. The topological polar surface area (TPSA) is 25.2 Å². The lowest BCUT2D eigenvalue weighted by molar-refractivity contribution is 0.558. The van der Waals surface area contributed by atoms with Gasteiger partial charge < -0.3 is 9.73 Å². The number of benzene rings is 2. The Hall–Kier alpha value is -2.36. The molecule has 0 fully saturated rings. The molecule has 1 heterocycles. The van der Waals surface area contributed by atoms with Crippen LogP contribution in [-0.2, 0) is 6.54 Å². The van der Waals surface area contributed by atoms with E-state index in [1.807, 2.05) is 30.3 Å². The van der Waals surface area contributed by atoms with Gasteiger partial charge in [-0.15, -0.1) is 0 Å². The van der Waals surface area contributed by atoms with Crippen molar-refractivity contribution in [1.82, 2.24) is 0 Å².